The highest BCUT2D eigenvalue weighted by Crippen LogP contribution is 2.34. The zero-order valence-electron chi connectivity index (χ0n) is 10.5. The van der Waals surface area contributed by atoms with Crippen LogP contribution in [0, 0.1) is 0 Å². The first-order chi connectivity index (χ1) is 8.74. The molecule has 0 radical (unpaired) electrons. The minimum Gasteiger partial charge on any atom is -0.393 e. The minimum absolute atomic E-state index is 0.0877. The zero-order valence-corrected chi connectivity index (χ0v) is 10.5. The van der Waals surface area contributed by atoms with Crippen molar-refractivity contribution in [3.63, 3.8) is 0 Å². The predicted octanol–water partition coefficient (Wildman–Crippen LogP) is 2.32. The van der Waals surface area contributed by atoms with Gasteiger partial charge in [-0.2, -0.15) is 9.78 Å². The van der Waals surface area contributed by atoms with Crippen molar-refractivity contribution < 1.29 is 30.1 Å². The van der Waals surface area contributed by atoms with Crippen molar-refractivity contribution in [1.82, 2.24) is 0 Å². The lowest BCUT2D eigenvalue weighted by atomic mass is 9.92. The molecule has 2 aliphatic rings. The summed E-state index contributed by atoms with van der Waals surface area (Å²) in [6.07, 6.45) is 7.19. The molecule has 0 spiro atoms. The second-order valence-electron chi connectivity index (χ2n) is 5.24. The Bertz CT molecular complexity index is 233. The third-order valence-electron chi connectivity index (χ3n) is 3.79. The molecular formula is C12H22O6. The largest absolute Gasteiger partial charge is 0.393 e. The van der Waals surface area contributed by atoms with Crippen LogP contribution in [0.1, 0.15) is 57.8 Å². The van der Waals surface area contributed by atoms with Crippen molar-refractivity contribution in [2.24, 2.45) is 0 Å². The van der Waals surface area contributed by atoms with Crippen LogP contribution in [-0.2, 0) is 19.7 Å². The van der Waals surface area contributed by atoms with E-state index >= 15 is 0 Å². The highest BCUT2D eigenvalue weighted by molar-refractivity contribution is 4.78. The standard InChI is InChI=1S/C12H22O6/c13-10-6-8-12(9-7-10,17-18-14)16-15-11-4-2-1-3-5-11/h10-11,13-14H,1-9H2. The van der Waals surface area contributed by atoms with Gasteiger partial charge >= 0.3 is 0 Å². The molecule has 0 aromatic heterocycles. The summed E-state index contributed by atoms with van der Waals surface area (Å²) in [4.78, 5) is 15.6. The summed E-state index contributed by atoms with van der Waals surface area (Å²) in [6.45, 7) is 0. The minimum atomic E-state index is -1.09. The molecule has 0 unspecified atom stereocenters. The van der Waals surface area contributed by atoms with Crippen LogP contribution in [0.15, 0.2) is 0 Å². The monoisotopic (exact) mass is 262 g/mol. The van der Waals surface area contributed by atoms with Gasteiger partial charge in [-0.3, -0.25) is 0 Å². The summed E-state index contributed by atoms with van der Waals surface area (Å²) in [5.74, 6) is -1.09. The number of aliphatic hydroxyl groups excluding tert-OH is 1. The SMILES string of the molecule is OOOC1(OOC2CCCCC2)CCC(O)CC1. The smallest absolute Gasteiger partial charge is 0.237 e. The van der Waals surface area contributed by atoms with Crippen LogP contribution in [0.5, 0.6) is 0 Å². The van der Waals surface area contributed by atoms with E-state index in [4.69, 9.17) is 19.9 Å². The molecule has 18 heavy (non-hydrogen) atoms. The molecule has 106 valence electrons. The summed E-state index contributed by atoms with van der Waals surface area (Å²) in [6, 6.07) is 0. The first-order valence-corrected chi connectivity index (χ1v) is 6.76. The molecule has 2 saturated carbocycles. The van der Waals surface area contributed by atoms with E-state index in [0.29, 0.717) is 25.7 Å². The zero-order chi connectivity index (χ0) is 12.8. The van der Waals surface area contributed by atoms with Crippen LogP contribution in [0.2, 0.25) is 0 Å². The molecule has 2 fully saturated rings. The van der Waals surface area contributed by atoms with Crippen LogP contribution < -0.4 is 0 Å². The van der Waals surface area contributed by atoms with Gasteiger partial charge in [0.15, 0.2) is 0 Å². The molecular weight excluding hydrogens is 240 g/mol. The Morgan fingerprint density at radius 2 is 1.56 bits per heavy atom. The van der Waals surface area contributed by atoms with Gasteiger partial charge in [-0.1, -0.05) is 24.3 Å². The maximum atomic E-state index is 9.47. The van der Waals surface area contributed by atoms with Gasteiger partial charge in [0.2, 0.25) is 5.79 Å². The fourth-order valence-electron chi connectivity index (χ4n) is 2.61. The maximum Gasteiger partial charge on any atom is 0.237 e. The van der Waals surface area contributed by atoms with Crippen LogP contribution in [0.4, 0.5) is 0 Å². The van der Waals surface area contributed by atoms with Crippen LogP contribution in [-0.4, -0.2) is 28.4 Å². The Balaban J connectivity index is 1.81. The number of hydrogen-bond acceptors (Lipinski definition) is 6. The molecule has 2 rings (SSSR count). The summed E-state index contributed by atoms with van der Waals surface area (Å²) in [7, 11) is 0. The normalized spacial score (nSPS) is 34.7. The molecule has 0 aliphatic heterocycles. The Morgan fingerprint density at radius 1 is 0.889 bits per heavy atom. The van der Waals surface area contributed by atoms with Crippen LogP contribution >= 0.6 is 0 Å². The number of aliphatic hydroxyl groups is 1. The Morgan fingerprint density at radius 3 is 2.17 bits per heavy atom. The van der Waals surface area contributed by atoms with Gasteiger partial charge in [0.25, 0.3) is 0 Å². The van der Waals surface area contributed by atoms with Gasteiger partial charge < -0.3 is 5.11 Å². The molecule has 0 aromatic carbocycles. The Labute approximate surface area is 107 Å². The lowest BCUT2D eigenvalue weighted by molar-refractivity contribution is -0.600. The second-order valence-corrected chi connectivity index (χ2v) is 5.24. The van der Waals surface area contributed by atoms with E-state index in [1.807, 2.05) is 0 Å². The number of rotatable bonds is 5. The van der Waals surface area contributed by atoms with Gasteiger partial charge in [-0.05, 0) is 25.7 Å². The summed E-state index contributed by atoms with van der Waals surface area (Å²) < 4.78 is 0. The summed E-state index contributed by atoms with van der Waals surface area (Å²) in [5, 5.41) is 21.7. The molecule has 0 aromatic rings. The molecule has 0 atom stereocenters. The lowest BCUT2D eigenvalue weighted by Gasteiger charge is -2.35. The average molecular weight is 262 g/mol. The fraction of sp³-hybridized carbons (Fsp3) is 1.00. The first-order valence-electron chi connectivity index (χ1n) is 6.76. The van der Waals surface area contributed by atoms with Crippen molar-refractivity contribution in [2.75, 3.05) is 0 Å². The molecule has 2 aliphatic carbocycles. The third-order valence-corrected chi connectivity index (χ3v) is 3.79. The highest BCUT2D eigenvalue weighted by atomic mass is 17.5. The Hall–Kier alpha value is -0.240. The summed E-state index contributed by atoms with van der Waals surface area (Å²) >= 11 is 0. The van der Waals surface area contributed by atoms with E-state index in [1.54, 1.807) is 0 Å². The fourth-order valence-corrected chi connectivity index (χ4v) is 2.61. The molecule has 2 N–H and O–H groups in total. The predicted molar refractivity (Wildman–Crippen MR) is 61.0 cm³/mol. The first kappa shape index (κ1) is 14.2. The van der Waals surface area contributed by atoms with E-state index in [1.165, 1.54) is 6.42 Å². The van der Waals surface area contributed by atoms with Gasteiger partial charge in [0.05, 0.1) is 12.2 Å². The van der Waals surface area contributed by atoms with Gasteiger partial charge in [-0.15, -0.1) is 0 Å². The quantitative estimate of drug-likeness (QED) is 0.450. The van der Waals surface area contributed by atoms with E-state index in [-0.39, 0.29) is 12.2 Å². The molecule has 0 heterocycles. The van der Waals surface area contributed by atoms with E-state index < -0.39 is 5.79 Å². The topological polar surface area (TPSA) is 77.4 Å². The molecule has 0 bridgehead atoms. The number of hydrogen-bond donors (Lipinski definition) is 2. The van der Waals surface area contributed by atoms with E-state index in [0.717, 1.165) is 25.7 Å². The molecule has 6 nitrogen and oxygen atoms in total. The average Bonchev–Trinajstić information content (AvgIpc) is 2.41. The van der Waals surface area contributed by atoms with Crippen molar-refractivity contribution in [1.29, 1.82) is 0 Å². The molecule has 0 saturated heterocycles. The maximum absolute atomic E-state index is 9.47. The lowest BCUT2D eigenvalue weighted by Crippen LogP contribution is -2.42. The molecule has 6 heteroatoms. The van der Waals surface area contributed by atoms with Crippen molar-refractivity contribution >= 4 is 0 Å². The van der Waals surface area contributed by atoms with Gasteiger partial charge in [-0.25, -0.2) is 10.1 Å². The van der Waals surface area contributed by atoms with Gasteiger partial charge in [0, 0.05) is 12.8 Å². The Kier molecular flexibility index (Phi) is 5.35. The van der Waals surface area contributed by atoms with Gasteiger partial charge in [0.1, 0.15) is 0 Å². The summed E-state index contributed by atoms with van der Waals surface area (Å²) in [5.41, 5.74) is 0. The van der Waals surface area contributed by atoms with Crippen LogP contribution in [0.25, 0.3) is 0 Å². The van der Waals surface area contributed by atoms with E-state index in [2.05, 4.69) is 5.04 Å². The van der Waals surface area contributed by atoms with Crippen molar-refractivity contribution in [3.05, 3.63) is 0 Å². The van der Waals surface area contributed by atoms with Crippen molar-refractivity contribution in [3.8, 4) is 0 Å². The highest BCUT2D eigenvalue weighted by Gasteiger charge is 2.41. The van der Waals surface area contributed by atoms with E-state index in [9.17, 15) is 5.11 Å². The van der Waals surface area contributed by atoms with Crippen LogP contribution in [0.3, 0.4) is 0 Å². The molecule has 0 amide bonds. The van der Waals surface area contributed by atoms with Crippen molar-refractivity contribution in [2.45, 2.75) is 75.8 Å². The third kappa shape index (κ3) is 3.88. The second kappa shape index (κ2) is 6.79.